The van der Waals surface area contributed by atoms with Gasteiger partial charge in [-0.3, -0.25) is 0 Å². The van der Waals surface area contributed by atoms with Crippen molar-refractivity contribution in [1.29, 1.82) is 0 Å². The highest BCUT2D eigenvalue weighted by molar-refractivity contribution is 5.64. The van der Waals surface area contributed by atoms with E-state index in [4.69, 9.17) is 10.8 Å². The lowest BCUT2D eigenvalue weighted by atomic mass is 10.0. The van der Waals surface area contributed by atoms with Crippen LogP contribution in [-0.2, 0) is 0 Å². The Morgan fingerprint density at radius 2 is 1.89 bits per heavy atom. The molecule has 4 heteroatoms. The Morgan fingerprint density at radius 1 is 1.16 bits per heavy atom. The predicted octanol–water partition coefficient (Wildman–Crippen LogP) is 2.06. The molecule has 2 aromatic rings. The summed E-state index contributed by atoms with van der Waals surface area (Å²) in [4.78, 5) is 8.77. The van der Waals surface area contributed by atoms with E-state index in [0.717, 1.165) is 22.5 Å². The lowest BCUT2D eigenvalue weighted by molar-refractivity contribution is 0.263. The highest BCUT2D eigenvalue weighted by Gasteiger charge is 2.12. The predicted molar refractivity (Wildman–Crippen MR) is 75.7 cm³/mol. The molecule has 1 aromatic carbocycles. The van der Waals surface area contributed by atoms with Crippen molar-refractivity contribution < 1.29 is 5.11 Å². The first kappa shape index (κ1) is 13.6. The Bertz CT molecular complexity index is 596. The van der Waals surface area contributed by atoms with E-state index in [9.17, 15) is 0 Å². The molecule has 2 rings (SSSR count). The molecule has 0 spiro atoms. The van der Waals surface area contributed by atoms with Crippen LogP contribution in [-0.4, -0.2) is 21.7 Å². The third kappa shape index (κ3) is 2.97. The molecule has 0 bridgehead atoms. The van der Waals surface area contributed by atoms with Gasteiger partial charge in [-0.25, -0.2) is 9.97 Å². The molecule has 0 saturated heterocycles. The maximum atomic E-state index is 9.13. The highest BCUT2D eigenvalue weighted by Crippen LogP contribution is 2.24. The third-order valence-electron chi connectivity index (χ3n) is 3.07. The number of hydrogen-bond donors (Lipinski definition) is 2. The van der Waals surface area contributed by atoms with E-state index in [-0.39, 0.29) is 6.61 Å². The molecular formula is C15H19N3O. The van der Waals surface area contributed by atoms with Crippen LogP contribution in [0.5, 0.6) is 0 Å². The van der Waals surface area contributed by atoms with Gasteiger partial charge in [0.1, 0.15) is 5.82 Å². The second-order valence-corrected chi connectivity index (χ2v) is 4.86. The van der Waals surface area contributed by atoms with Gasteiger partial charge in [-0.05, 0) is 38.5 Å². The van der Waals surface area contributed by atoms with Crippen molar-refractivity contribution >= 4 is 0 Å². The van der Waals surface area contributed by atoms with Gasteiger partial charge >= 0.3 is 0 Å². The fourth-order valence-electron chi connectivity index (χ4n) is 1.99. The lowest BCUT2D eigenvalue weighted by Gasteiger charge is -2.12. The minimum atomic E-state index is -0.538. The molecule has 1 heterocycles. The van der Waals surface area contributed by atoms with Crippen LogP contribution in [0.4, 0.5) is 0 Å². The van der Waals surface area contributed by atoms with Crippen molar-refractivity contribution in [3.63, 3.8) is 0 Å². The number of hydrogen-bond acceptors (Lipinski definition) is 4. The molecule has 0 radical (unpaired) electrons. The van der Waals surface area contributed by atoms with E-state index in [1.165, 1.54) is 5.56 Å². The Kier molecular flexibility index (Phi) is 3.93. The van der Waals surface area contributed by atoms with Gasteiger partial charge in [0.2, 0.25) is 0 Å². The number of benzene rings is 1. The van der Waals surface area contributed by atoms with Crippen molar-refractivity contribution in [3.05, 3.63) is 46.9 Å². The van der Waals surface area contributed by atoms with Gasteiger partial charge in [0, 0.05) is 11.3 Å². The van der Waals surface area contributed by atoms with E-state index in [2.05, 4.69) is 42.0 Å². The highest BCUT2D eigenvalue weighted by atomic mass is 16.3. The van der Waals surface area contributed by atoms with E-state index < -0.39 is 6.04 Å². The van der Waals surface area contributed by atoms with Crippen molar-refractivity contribution in [2.24, 2.45) is 5.73 Å². The molecular weight excluding hydrogens is 238 g/mol. The first-order valence-corrected chi connectivity index (χ1v) is 6.31. The molecule has 0 fully saturated rings. The quantitative estimate of drug-likeness (QED) is 0.882. The SMILES string of the molecule is Cc1ccc(C)c(-c2cc(C)nc(C(N)CO)n2)c1. The molecule has 0 aliphatic heterocycles. The number of aryl methyl sites for hydroxylation is 3. The Morgan fingerprint density at radius 3 is 2.58 bits per heavy atom. The van der Waals surface area contributed by atoms with Crippen molar-refractivity contribution in [2.75, 3.05) is 6.61 Å². The van der Waals surface area contributed by atoms with Crippen LogP contribution in [0.1, 0.15) is 28.7 Å². The molecule has 1 unspecified atom stereocenters. The Labute approximate surface area is 113 Å². The zero-order chi connectivity index (χ0) is 14.0. The van der Waals surface area contributed by atoms with E-state index in [1.54, 1.807) is 0 Å². The largest absolute Gasteiger partial charge is 0.394 e. The van der Waals surface area contributed by atoms with E-state index in [0.29, 0.717) is 5.82 Å². The van der Waals surface area contributed by atoms with Gasteiger partial charge < -0.3 is 10.8 Å². The Balaban J connectivity index is 2.56. The van der Waals surface area contributed by atoms with E-state index >= 15 is 0 Å². The number of aliphatic hydroxyl groups is 1. The second kappa shape index (κ2) is 5.47. The second-order valence-electron chi connectivity index (χ2n) is 4.86. The van der Waals surface area contributed by atoms with Crippen molar-refractivity contribution in [1.82, 2.24) is 9.97 Å². The summed E-state index contributed by atoms with van der Waals surface area (Å²) in [5.41, 5.74) is 10.9. The standard InChI is InChI=1S/C15H19N3O/c1-9-4-5-10(2)12(6-9)14-7-11(3)17-15(18-14)13(16)8-19/h4-7,13,19H,8,16H2,1-3H3. The fourth-order valence-corrected chi connectivity index (χ4v) is 1.99. The number of rotatable bonds is 3. The number of nitrogens with zero attached hydrogens (tertiary/aromatic N) is 2. The molecule has 19 heavy (non-hydrogen) atoms. The maximum absolute atomic E-state index is 9.13. The van der Waals surface area contributed by atoms with Crippen LogP contribution in [0.25, 0.3) is 11.3 Å². The van der Waals surface area contributed by atoms with Gasteiger partial charge in [0.15, 0.2) is 0 Å². The number of nitrogens with two attached hydrogens (primary N) is 1. The summed E-state index contributed by atoms with van der Waals surface area (Å²) < 4.78 is 0. The van der Waals surface area contributed by atoms with Gasteiger partial charge in [-0.2, -0.15) is 0 Å². The van der Waals surface area contributed by atoms with E-state index in [1.807, 2.05) is 13.0 Å². The van der Waals surface area contributed by atoms with Crippen LogP contribution >= 0.6 is 0 Å². The molecule has 100 valence electrons. The van der Waals surface area contributed by atoms with Crippen LogP contribution in [0.15, 0.2) is 24.3 Å². The smallest absolute Gasteiger partial charge is 0.148 e. The first-order valence-electron chi connectivity index (χ1n) is 6.31. The minimum absolute atomic E-state index is 0.157. The zero-order valence-corrected chi connectivity index (χ0v) is 11.5. The summed E-state index contributed by atoms with van der Waals surface area (Å²) in [5, 5.41) is 9.13. The average Bonchev–Trinajstić information content (AvgIpc) is 2.39. The number of aliphatic hydroxyl groups excluding tert-OH is 1. The molecule has 4 nitrogen and oxygen atoms in total. The van der Waals surface area contributed by atoms with Gasteiger partial charge in [0.25, 0.3) is 0 Å². The average molecular weight is 257 g/mol. The summed E-state index contributed by atoms with van der Waals surface area (Å²) in [5.74, 6) is 0.485. The maximum Gasteiger partial charge on any atom is 0.148 e. The normalized spacial score (nSPS) is 12.5. The molecule has 0 aliphatic carbocycles. The lowest BCUT2D eigenvalue weighted by Crippen LogP contribution is -2.18. The topological polar surface area (TPSA) is 72.0 Å². The molecule has 0 saturated carbocycles. The monoisotopic (exact) mass is 257 g/mol. The molecule has 1 aromatic heterocycles. The van der Waals surface area contributed by atoms with Crippen molar-refractivity contribution in [2.45, 2.75) is 26.8 Å². The zero-order valence-electron chi connectivity index (χ0n) is 11.5. The van der Waals surface area contributed by atoms with Crippen molar-refractivity contribution in [3.8, 4) is 11.3 Å². The molecule has 3 N–H and O–H groups in total. The summed E-state index contributed by atoms with van der Waals surface area (Å²) >= 11 is 0. The third-order valence-corrected chi connectivity index (χ3v) is 3.07. The molecule has 0 aliphatic rings. The molecule has 1 atom stereocenters. The summed E-state index contributed by atoms with van der Waals surface area (Å²) in [6.45, 7) is 5.86. The van der Waals surface area contributed by atoms with Crippen LogP contribution in [0.3, 0.4) is 0 Å². The van der Waals surface area contributed by atoms with Gasteiger partial charge in [-0.15, -0.1) is 0 Å². The number of aromatic nitrogens is 2. The van der Waals surface area contributed by atoms with Crippen LogP contribution < -0.4 is 5.73 Å². The fraction of sp³-hybridized carbons (Fsp3) is 0.333. The summed E-state index contributed by atoms with van der Waals surface area (Å²) in [7, 11) is 0. The first-order chi connectivity index (χ1) is 9.01. The minimum Gasteiger partial charge on any atom is -0.394 e. The van der Waals surface area contributed by atoms with Gasteiger partial charge in [0.05, 0.1) is 18.3 Å². The van der Waals surface area contributed by atoms with Crippen LogP contribution in [0.2, 0.25) is 0 Å². The summed E-state index contributed by atoms with van der Waals surface area (Å²) in [6, 6.07) is 7.66. The van der Waals surface area contributed by atoms with Crippen LogP contribution in [0, 0.1) is 20.8 Å². The van der Waals surface area contributed by atoms with Gasteiger partial charge in [-0.1, -0.05) is 17.7 Å². The molecule has 0 amide bonds. The Hall–Kier alpha value is -1.78. The summed E-state index contributed by atoms with van der Waals surface area (Å²) in [6.07, 6.45) is 0.